The summed E-state index contributed by atoms with van der Waals surface area (Å²) >= 11 is 4.93. The lowest BCUT2D eigenvalue weighted by Crippen LogP contribution is -2.47. The van der Waals surface area contributed by atoms with Crippen LogP contribution in [0.3, 0.4) is 0 Å². The second kappa shape index (κ2) is 7.08. The molecule has 2 unspecified atom stereocenters. The fourth-order valence-electron chi connectivity index (χ4n) is 2.89. The third-order valence-electron chi connectivity index (χ3n) is 3.92. The molecule has 1 saturated heterocycles. The van der Waals surface area contributed by atoms with Gasteiger partial charge in [-0.25, -0.2) is 8.42 Å². The van der Waals surface area contributed by atoms with Crippen LogP contribution in [0.4, 0.5) is 0 Å². The Bertz CT molecular complexity index is 576. The minimum Gasteiger partial charge on any atom is -0.312 e. The van der Waals surface area contributed by atoms with Crippen LogP contribution in [0.2, 0.25) is 0 Å². The SMILES string of the molecule is CCNCc1cc(S(=O)(=O)N2C(C)CCCC2C)c(Br)s1. The molecule has 0 amide bonds. The second-order valence-corrected chi connectivity index (χ2v) is 9.86. The van der Waals surface area contributed by atoms with E-state index in [1.165, 1.54) is 11.3 Å². The van der Waals surface area contributed by atoms with Gasteiger partial charge in [0.25, 0.3) is 0 Å². The number of halogens is 1. The summed E-state index contributed by atoms with van der Waals surface area (Å²) in [6.07, 6.45) is 2.98. The Morgan fingerprint density at radius 2 is 2.00 bits per heavy atom. The van der Waals surface area contributed by atoms with E-state index in [1.54, 1.807) is 10.4 Å². The summed E-state index contributed by atoms with van der Waals surface area (Å²) in [7, 11) is -3.43. The van der Waals surface area contributed by atoms with Crippen molar-refractivity contribution in [2.24, 2.45) is 0 Å². The van der Waals surface area contributed by atoms with Gasteiger partial charge in [0.1, 0.15) is 4.90 Å². The van der Waals surface area contributed by atoms with Crippen LogP contribution in [0, 0.1) is 0 Å². The molecule has 0 bridgehead atoms. The Kier molecular flexibility index (Phi) is 5.87. The second-order valence-electron chi connectivity index (χ2n) is 5.59. The van der Waals surface area contributed by atoms with Crippen LogP contribution >= 0.6 is 27.3 Å². The first-order chi connectivity index (χ1) is 9.87. The summed E-state index contributed by atoms with van der Waals surface area (Å²) in [4.78, 5) is 1.46. The molecule has 2 heterocycles. The van der Waals surface area contributed by atoms with Gasteiger partial charge in [0.15, 0.2) is 0 Å². The standard InChI is InChI=1S/C14H23BrN2O2S2/c1-4-16-9-12-8-13(14(15)20-12)21(18,19)17-10(2)6-5-7-11(17)3/h8,10-11,16H,4-7,9H2,1-3H3. The Hall–Kier alpha value is 0.0500. The van der Waals surface area contributed by atoms with Gasteiger partial charge >= 0.3 is 0 Å². The Morgan fingerprint density at radius 3 is 2.57 bits per heavy atom. The van der Waals surface area contributed by atoms with E-state index in [1.807, 2.05) is 20.8 Å². The Balaban J connectivity index is 2.32. The number of hydrogen-bond acceptors (Lipinski definition) is 4. The van der Waals surface area contributed by atoms with Crippen molar-refractivity contribution in [1.29, 1.82) is 0 Å². The molecule has 1 fully saturated rings. The van der Waals surface area contributed by atoms with Gasteiger partial charge in [-0.1, -0.05) is 13.3 Å². The van der Waals surface area contributed by atoms with E-state index >= 15 is 0 Å². The van der Waals surface area contributed by atoms with Crippen LogP contribution < -0.4 is 5.32 Å². The first kappa shape index (κ1) is 17.4. The van der Waals surface area contributed by atoms with E-state index in [0.717, 1.165) is 30.7 Å². The highest BCUT2D eigenvalue weighted by Gasteiger charge is 2.37. The van der Waals surface area contributed by atoms with Crippen molar-refractivity contribution >= 4 is 37.3 Å². The zero-order valence-electron chi connectivity index (χ0n) is 12.7. The summed E-state index contributed by atoms with van der Waals surface area (Å²) in [5.74, 6) is 0. The number of sulfonamides is 1. The van der Waals surface area contributed by atoms with Crippen molar-refractivity contribution in [3.8, 4) is 0 Å². The third kappa shape index (κ3) is 3.69. The average Bonchev–Trinajstić information content (AvgIpc) is 2.78. The minimum atomic E-state index is -3.43. The van der Waals surface area contributed by atoms with E-state index in [4.69, 9.17) is 0 Å². The summed E-state index contributed by atoms with van der Waals surface area (Å²) in [5, 5.41) is 3.23. The van der Waals surface area contributed by atoms with Crippen LogP contribution in [0.1, 0.15) is 44.9 Å². The Morgan fingerprint density at radius 1 is 1.38 bits per heavy atom. The average molecular weight is 395 g/mol. The minimum absolute atomic E-state index is 0.0720. The molecule has 0 saturated carbocycles. The highest BCUT2D eigenvalue weighted by molar-refractivity contribution is 9.11. The van der Waals surface area contributed by atoms with Crippen LogP contribution in [-0.4, -0.2) is 31.4 Å². The number of nitrogens with one attached hydrogen (secondary N) is 1. The highest BCUT2D eigenvalue weighted by atomic mass is 79.9. The van der Waals surface area contributed by atoms with Gasteiger partial charge in [0, 0.05) is 23.5 Å². The first-order valence-electron chi connectivity index (χ1n) is 7.40. The van der Waals surface area contributed by atoms with Gasteiger partial charge in [0.2, 0.25) is 10.0 Å². The maximum absolute atomic E-state index is 13.0. The van der Waals surface area contributed by atoms with Crippen molar-refractivity contribution in [2.45, 2.75) is 63.6 Å². The molecule has 7 heteroatoms. The van der Waals surface area contributed by atoms with Crippen LogP contribution in [0.15, 0.2) is 14.7 Å². The summed E-state index contributed by atoms with van der Waals surface area (Å²) in [5.41, 5.74) is 0. The molecule has 1 aliphatic rings. The van der Waals surface area contributed by atoms with Crippen molar-refractivity contribution in [1.82, 2.24) is 9.62 Å². The summed E-state index contributed by atoms with van der Waals surface area (Å²) < 4.78 is 28.4. The molecular weight excluding hydrogens is 372 g/mol. The molecule has 2 atom stereocenters. The largest absolute Gasteiger partial charge is 0.312 e. The molecule has 1 aromatic heterocycles. The molecule has 2 rings (SSSR count). The maximum atomic E-state index is 13.0. The predicted molar refractivity (Wildman–Crippen MR) is 91.2 cm³/mol. The van der Waals surface area contributed by atoms with E-state index in [0.29, 0.717) is 15.2 Å². The number of piperidine rings is 1. The van der Waals surface area contributed by atoms with Crippen molar-refractivity contribution in [2.75, 3.05) is 6.54 Å². The number of nitrogens with zero attached hydrogens (tertiary/aromatic N) is 1. The highest BCUT2D eigenvalue weighted by Crippen LogP contribution is 2.37. The van der Waals surface area contributed by atoms with E-state index in [9.17, 15) is 8.42 Å². The van der Waals surface area contributed by atoms with Crippen molar-refractivity contribution in [3.63, 3.8) is 0 Å². The zero-order valence-corrected chi connectivity index (χ0v) is 15.9. The molecule has 0 spiro atoms. The van der Waals surface area contributed by atoms with Crippen molar-refractivity contribution < 1.29 is 8.42 Å². The van der Waals surface area contributed by atoms with Gasteiger partial charge < -0.3 is 5.32 Å². The van der Waals surface area contributed by atoms with Gasteiger partial charge in [-0.3, -0.25) is 0 Å². The normalized spacial score (nSPS) is 24.4. The predicted octanol–water partition coefficient (Wildman–Crippen LogP) is 3.57. The summed E-state index contributed by atoms with van der Waals surface area (Å²) in [6, 6.07) is 1.95. The van der Waals surface area contributed by atoms with E-state index in [-0.39, 0.29) is 12.1 Å². The van der Waals surface area contributed by atoms with Gasteiger partial charge in [-0.2, -0.15) is 4.31 Å². The molecule has 120 valence electrons. The zero-order chi connectivity index (χ0) is 15.6. The lowest BCUT2D eigenvalue weighted by molar-refractivity contribution is 0.204. The van der Waals surface area contributed by atoms with Gasteiger partial charge in [-0.05, 0) is 55.2 Å². The number of thiophene rings is 1. The van der Waals surface area contributed by atoms with Crippen LogP contribution in [0.25, 0.3) is 0 Å². The molecular formula is C14H23BrN2O2S2. The molecule has 1 N–H and O–H groups in total. The fraction of sp³-hybridized carbons (Fsp3) is 0.714. The molecule has 0 radical (unpaired) electrons. The molecule has 21 heavy (non-hydrogen) atoms. The maximum Gasteiger partial charge on any atom is 0.245 e. The molecule has 0 aliphatic carbocycles. The van der Waals surface area contributed by atoms with E-state index in [2.05, 4.69) is 21.2 Å². The molecule has 1 aromatic rings. The summed E-state index contributed by atoms with van der Waals surface area (Å²) in [6.45, 7) is 7.63. The lowest BCUT2D eigenvalue weighted by Gasteiger charge is -2.37. The lowest BCUT2D eigenvalue weighted by atomic mass is 10.0. The van der Waals surface area contributed by atoms with Crippen LogP contribution in [0.5, 0.6) is 0 Å². The van der Waals surface area contributed by atoms with Crippen molar-refractivity contribution in [3.05, 3.63) is 14.7 Å². The van der Waals surface area contributed by atoms with E-state index < -0.39 is 10.0 Å². The topological polar surface area (TPSA) is 49.4 Å². The molecule has 0 aromatic carbocycles. The van der Waals surface area contributed by atoms with Gasteiger partial charge in [0.05, 0.1) is 3.79 Å². The first-order valence-corrected chi connectivity index (χ1v) is 10.4. The number of rotatable bonds is 5. The number of hydrogen-bond donors (Lipinski definition) is 1. The third-order valence-corrected chi connectivity index (χ3v) is 8.30. The smallest absolute Gasteiger partial charge is 0.245 e. The molecule has 4 nitrogen and oxygen atoms in total. The molecule has 1 aliphatic heterocycles. The quantitative estimate of drug-likeness (QED) is 0.829. The monoisotopic (exact) mass is 394 g/mol. The van der Waals surface area contributed by atoms with Crippen LogP contribution in [-0.2, 0) is 16.6 Å². The van der Waals surface area contributed by atoms with Gasteiger partial charge in [-0.15, -0.1) is 11.3 Å². The Labute approximate surface area is 140 Å². The fourth-order valence-corrected chi connectivity index (χ4v) is 7.38.